The molecule has 0 saturated carbocycles. The van der Waals surface area contributed by atoms with Gasteiger partial charge in [-0.15, -0.1) is 0 Å². The Morgan fingerprint density at radius 2 is 1.71 bits per heavy atom. The maximum absolute atomic E-state index is 4.57. The second kappa shape index (κ2) is 7.93. The van der Waals surface area contributed by atoms with Crippen LogP contribution >= 0.6 is 0 Å². The van der Waals surface area contributed by atoms with Crippen molar-refractivity contribution >= 4 is 0 Å². The van der Waals surface area contributed by atoms with Crippen molar-refractivity contribution in [2.45, 2.75) is 53.1 Å². The van der Waals surface area contributed by atoms with Gasteiger partial charge < -0.3 is 5.32 Å². The lowest BCUT2D eigenvalue weighted by Gasteiger charge is -2.07. The summed E-state index contributed by atoms with van der Waals surface area (Å²) < 4.78 is 2.03. The van der Waals surface area contributed by atoms with Gasteiger partial charge >= 0.3 is 0 Å². The molecule has 0 fully saturated rings. The molecule has 0 radical (unpaired) electrons. The Bertz CT molecular complexity index is 542. The van der Waals surface area contributed by atoms with Crippen molar-refractivity contribution in [1.29, 1.82) is 0 Å². The zero-order valence-corrected chi connectivity index (χ0v) is 13.4. The van der Waals surface area contributed by atoms with Crippen LogP contribution in [0.25, 0.3) is 0 Å². The van der Waals surface area contributed by atoms with Crippen molar-refractivity contribution < 1.29 is 0 Å². The van der Waals surface area contributed by atoms with Crippen LogP contribution in [0.3, 0.4) is 0 Å². The maximum Gasteiger partial charge on any atom is 0.150 e. The monoisotopic (exact) mass is 286 g/mol. The summed E-state index contributed by atoms with van der Waals surface area (Å²) >= 11 is 0. The molecule has 1 N–H and O–H groups in total. The smallest absolute Gasteiger partial charge is 0.150 e. The fourth-order valence-corrected chi connectivity index (χ4v) is 2.31. The highest BCUT2D eigenvalue weighted by Crippen LogP contribution is 2.09. The van der Waals surface area contributed by atoms with Crippen molar-refractivity contribution in [1.82, 2.24) is 20.1 Å². The standard InChI is InChI=1S/C17H26N4/c1-4-11-18-12-14-7-9-15(10-8-14)13-21-17(6-3)19-16(5-2)20-21/h7-10,18H,4-6,11-13H2,1-3H3. The third-order valence-corrected chi connectivity index (χ3v) is 3.54. The molecule has 0 saturated heterocycles. The van der Waals surface area contributed by atoms with E-state index < -0.39 is 0 Å². The van der Waals surface area contributed by atoms with Gasteiger partial charge in [-0.1, -0.05) is 45.0 Å². The van der Waals surface area contributed by atoms with E-state index in [0.717, 1.165) is 44.1 Å². The van der Waals surface area contributed by atoms with Crippen LogP contribution in [-0.2, 0) is 25.9 Å². The van der Waals surface area contributed by atoms with Crippen LogP contribution in [0.1, 0.15) is 50.0 Å². The van der Waals surface area contributed by atoms with E-state index in [2.05, 4.69) is 60.4 Å². The van der Waals surface area contributed by atoms with E-state index in [9.17, 15) is 0 Å². The third kappa shape index (κ3) is 4.39. The molecule has 1 heterocycles. The molecule has 2 rings (SSSR count). The van der Waals surface area contributed by atoms with Gasteiger partial charge in [0.05, 0.1) is 6.54 Å². The van der Waals surface area contributed by atoms with Gasteiger partial charge in [-0.3, -0.25) is 0 Å². The minimum atomic E-state index is 0.804. The summed E-state index contributed by atoms with van der Waals surface area (Å²) in [5.41, 5.74) is 2.60. The molecule has 0 aliphatic heterocycles. The van der Waals surface area contributed by atoms with Gasteiger partial charge in [0.1, 0.15) is 5.82 Å². The molecule has 0 aliphatic carbocycles. The molecular weight excluding hydrogens is 260 g/mol. The number of nitrogens with one attached hydrogen (secondary N) is 1. The average molecular weight is 286 g/mol. The van der Waals surface area contributed by atoms with Crippen LogP contribution < -0.4 is 5.32 Å². The van der Waals surface area contributed by atoms with Crippen LogP contribution in [0.4, 0.5) is 0 Å². The topological polar surface area (TPSA) is 42.7 Å². The fourth-order valence-electron chi connectivity index (χ4n) is 2.31. The van der Waals surface area contributed by atoms with Gasteiger partial charge in [0.25, 0.3) is 0 Å². The molecule has 0 atom stereocenters. The normalized spacial score (nSPS) is 11.0. The molecule has 0 spiro atoms. The summed E-state index contributed by atoms with van der Waals surface area (Å²) in [5.74, 6) is 2.01. The molecular formula is C17H26N4. The second-order valence-corrected chi connectivity index (χ2v) is 5.30. The Morgan fingerprint density at radius 1 is 1.00 bits per heavy atom. The van der Waals surface area contributed by atoms with E-state index >= 15 is 0 Å². The van der Waals surface area contributed by atoms with E-state index in [1.165, 1.54) is 17.5 Å². The molecule has 0 bridgehead atoms. The Kier molecular flexibility index (Phi) is 5.93. The highest BCUT2D eigenvalue weighted by atomic mass is 15.3. The van der Waals surface area contributed by atoms with Crippen LogP contribution in [0, 0.1) is 0 Å². The summed E-state index contributed by atoms with van der Waals surface area (Å²) in [5, 5.41) is 7.99. The predicted octanol–water partition coefficient (Wildman–Crippen LogP) is 2.95. The second-order valence-electron chi connectivity index (χ2n) is 5.30. The lowest BCUT2D eigenvalue weighted by atomic mass is 10.1. The number of rotatable bonds is 8. The summed E-state index contributed by atoms with van der Waals surface area (Å²) in [6.45, 7) is 9.22. The molecule has 4 heteroatoms. The molecule has 1 aromatic heterocycles. The minimum Gasteiger partial charge on any atom is -0.313 e. The van der Waals surface area contributed by atoms with Gasteiger partial charge in [-0.25, -0.2) is 9.67 Å². The lowest BCUT2D eigenvalue weighted by Crippen LogP contribution is -2.13. The van der Waals surface area contributed by atoms with E-state index in [0.29, 0.717) is 0 Å². The van der Waals surface area contributed by atoms with Crippen LogP contribution in [-0.4, -0.2) is 21.3 Å². The lowest BCUT2D eigenvalue weighted by molar-refractivity contribution is 0.636. The van der Waals surface area contributed by atoms with E-state index in [1.807, 2.05) is 4.68 Å². The van der Waals surface area contributed by atoms with E-state index in [1.54, 1.807) is 0 Å². The first-order valence-electron chi connectivity index (χ1n) is 7.97. The minimum absolute atomic E-state index is 0.804. The molecule has 0 aliphatic rings. The molecule has 0 unspecified atom stereocenters. The van der Waals surface area contributed by atoms with Gasteiger partial charge in [-0.2, -0.15) is 5.10 Å². The summed E-state index contributed by atoms with van der Waals surface area (Å²) in [4.78, 5) is 4.55. The van der Waals surface area contributed by atoms with Gasteiger partial charge in [0.15, 0.2) is 5.82 Å². The number of nitrogens with zero attached hydrogens (tertiary/aromatic N) is 3. The van der Waals surface area contributed by atoms with Crippen LogP contribution in [0.15, 0.2) is 24.3 Å². The Balaban J connectivity index is 2.01. The number of hydrogen-bond acceptors (Lipinski definition) is 3. The van der Waals surface area contributed by atoms with Crippen LogP contribution in [0.5, 0.6) is 0 Å². The van der Waals surface area contributed by atoms with E-state index in [-0.39, 0.29) is 0 Å². The molecule has 4 nitrogen and oxygen atoms in total. The zero-order chi connectivity index (χ0) is 15.1. The average Bonchev–Trinajstić information content (AvgIpc) is 2.91. The van der Waals surface area contributed by atoms with Crippen molar-refractivity contribution in [3.8, 4) is 0 Å². The van der Waals surface area contributed by atoms with Crippen molar-refractivity contribution in [2.24, 2.45) is 0 Å². The molecule has 2 aromatic rings. The largest absolute Gasteiger partial charge is 0.313 e. The Hall–Kier alpha value is -1.68. The molecule has 1 aromatic carbocycles. The zero-order valence-electron chi connectivity index (χ0n) is 13.4. The first-order valence-corrected chi connectivity index (χ1v) is 7.97. The molecule has 21 heavy (non-hydrogen) atoms. The van der Waals surface area contributed by atoms with Gasteiger partial charge in [0, 0.05) is 19.4 Å². The number of benzene rings is 1. The summed E-state index contributed by atoms with van der Waals surface area (Å²) in [6, 6.07) is 8.77. The summed E-state index contributed by atoms with van der Waals surface area (Å²) in [6.07, 6.45) is 2.98. The molecule has 0 amide bonds. The number of hydrogen-bond donors (Lipinski definition) is 1. The molecule has 114 valence electrons. The van der Waals surface area contributed by atoms with E-state index in [4.69, 9.17) is 0 Å². The van der Waals surface area contributed by atoms with Crippen LogP contribution in [0.2, 0.25) is 0 Å². The maximum atomic E-state index is 4.57. The van der Waals surface area contributed by atoms with Crippen molar-refractivity contribution in [3.63, 3.8) is 0 Å². The van der Waals surface area contributed by atoms with Gasteiger partial charge in [-0.05, 0) is 24.1 Å². The highest BCUT2D eigenvalue weighted by Gasteiger charge is 2.07. The number of aryl methyl sites for hydroxylation is 2. The highest BCUT2D eigenvalue weighted by molar-refractivity contribution is 5.22. The SMILES string of the molecule is CCCNCc1ccc(Cn2nc(CC)nc2CC)cc1. The first-order chi connectivity index (χ1) is 10.3. The Labute approximate surface area is 127 Å². The quantitative estimate of drug-likeness (QED) is 0.759. The van der Waals surface area contributed by atoms with Gasteiger partial charge in [0.2, 0.25) is 0 Å². The van der Waals surface area contributed by atoms with Crippen molar-refractivity contribution in [3.05, 3.63) is 47.0 Å². The predicted molar refractivity (Wildman–Crippen MR) is 86.3 cm³/mol. The first kappa shape index (κ1) is 15.7. The third-order valence-electron chi connectivity index (χ3n) is 3.54. The number of aromatic nitrogens is 3. The summed E-state index contributed by atoms with van der Waals surface area (Å²) in [7, 11) is 0. The van der Waals surface area contributed by atoms with Crippen molar-refractivity contribution in [2.75, 3.05) is 6.54 Å². The fraction of sp³-hybridized carbons (Fsp3) is 0.529. The Morgan fingerprint density at radius 3 is 2.33 bits per heavy atom.